The lowest BCUT2D eigenvalue weighted by Crippen LogP contribution is -2.31. The molecule has 3 rings (SSSR count). The molecule has 0 fully saturated rings. The van der Waals surface area contributed by atoms with Crippen LogP contribution in [0.3, 0.4) is 0 Å². The van der Waals surface area contributed by atoms with Gasteiger partial charge in [0.2, 0.25) is 0 Å². The zero-order valence-corrected chi connectivity index (χ0v) is 16.4. The average Bonchev–Trinajstić information content (AvgIpc) is 3.24. The minimum Gasteiger partial charge on any atom is -0.483 e. The summed E-state index contributed by atoms with van der Waals surface area (Å²) in [5.41, 5.74) is 1.42. The van der Waals surface area contributed by atoms with E-state index in [1.165, 1.54) is 0 Å². The number of likely N-dealkylation sites (N-methyl/N-ethyl adjacent to an activating group) is 1. The van der Waals surface area contributed by atoms with Crippen molar-refractivity contribution in [3.05, 3.63) is 88.1 Å². The molecule has 144 valence electrons. The molecule has 1 heterocycles. The van der Waals surface area contributed by atoms with Gasteiger partial charge in [0.15, 0.2) is 6.61 Å². The molecular formula is C22H22N2O3S. The Bertz CT molecular complexity index is 911. The van der Waals surface area contributed by atoms with E-state index in [1.54, 1.807) is 47.5 Å². The Hall–Kier alpha value is -3.12. The maximum absolute atomic E-state index is 12.5. The maximum atomic E-state index is 12.5. The van der Waals surface area contributed by atoms with Gasteiger partial charge in [-0.15, -0.1) is 11.3 Å². The topological polar surface area (TPSA) is 58.6 Å². The Morgan fingerprint density at radius 3 is 2.50 bits per heavy atom. The van der Waals surface area contributed by atoms with Gasteiger partial charge in [-0.25, -0.2) is 0 Å². The summed E-state index contributed by atoms with van der Waals surface area (Å²) in [6.45, 7) is 0.848. The van der Waals surface area contributed by atoms with Gasteiger partial charge in [0.05, 0.1) is 12.1 Å². The van der Waals surface area contributed by atoms with Crippen LogP contribution >= 0.6 is 11.3 Å². The molecule has 28 heavy (non-hydrogen) atoms. The zero-order valence-electron chi connectivity index (χ0n) is 15.6. The first-order valence-electron chi connectivity index (χ1n) is 8.94. The predicted molar refractivity (Wildman–Crippen MR) is 110 cm³/mol. The number of carbonyl (C=O) groups is 2. The predicted octanol–water partition coefficient (Wildman–Crippen LogP) is 3.72. The van der Waals surface area contributed by atoms with Crippen molar-refractivity contribution in [1.29, 1.82) is 0 Å². The van der Waals surface area contributed by atoms with Gasteiger partial charge in [-0.3, -0.25) is 9.59 Å². The molecule has 1 aromatic heterocycles. The minimum absolute atomic E-state index is 0.120. The van der Waals surface area contributed by atoms with Crippen molar-refractivity contribution < 1.29 is 14.3 Å². The molecule has 2 aromatic carbocycles. The normalized spacial score (nSPS) is 10.3. The van der Waals surface area contributed by atoms with E-state index in [4.69, 9.17) is 4.74 Å². The molecule has 6 heteroatoms. The fraction of sp³-hybridized carbons (Fsp3) is 0.182. The van der Waals surface area contributed by atoms with Gasteiger partial charge >= 0.3 is 0 Å². The van der Waals surface area contributed by atoms with Crippen LogP contribution in [-0.4, -0.2) is 30.4 Å². The van der Waals surface area contributed by atoms with Gasteiger partial charge < -0.3 is 15.0 Å². The van der Waals surface area contributed by atoms with E-state index in [1.807, 2.05) is 47.8 Å². The van der Waals surface area contributed by atoms with Crippen molar-refractivity contribution in [2.24, 2.45) is 0 Å². The van der Waals surface area contributed by atoms with Crippen molar-refractivity contribution in [3.63, 3.8) is 0 Å². The van der Waals surface area contributed by atoms with Crippen molar-refractivity contribution in [2.75, 3.05) is 13.7 Å². The van der Waals surface area contributed by atoms with E-state index in [0.717, 1.165) is 10.4 Å². The highest BCUT2D eigenvalue weighted by Gasteiger charge is 2.15. The summed E-state index contributed by atoms with van der Waals surface area (Å²) in [6, 6.07) is 20.6. The lowest BCUT2D eigenvalue weighted by Gasteiger charge is -2.17. The Morgan fingerprint density at radius 1 is 1.00 bits per heavy atom. The molecule has 0 aliphatic rings. The summed E-state index contributed by atoms with van der Waals surface area (Å²) in [5, 5.41) is 4.86. The second kappa shape index (κ2) is 9.71. The molecule has 0 saturated carbocycles. The molecule has 2 amide bonds. The van der Waals surface area contributed by atoms with Crippen LogP contribution in [0, 0.1) is 0 Å². The van der Waals surface area contributed by atoms with Crippen LogP contribution in [0.4, 0.5) is 0 Å². The lowest BCUT2D eigenvalue weighted by molar-refractivity contribution is -0.132. The van der Waals surface area contributed by atoms with Gasteiger partial charge in [-0.1, -0.05) is 48.5 Å². The zero-order chi connectivity index (χ0) is 19.8. The van der Waals surface area contributed by atoms with Crippen LogP contribution < -0.4 is 10.1 Å². The Labute approximate surface area is 168 Å². The number of rotatable bonds is 8. The summed E-state index contributed by atoms with van der Waals surface area (Å²) in [6.07, 6.45) is 0. The highest BCUT2D eigenvalue weighted by atomic mass is 32.1. The van der Waals surface area contributed by atoms with Crippen LogP contribution in [0.15, 0.2) is 72.1 Å². The summed E-state index contributed by atoms with van der Waals surface area (Å²) in [7, 11) is 1.74. The molecule has 3 aromatic rings. The minimum atomic E-state index is -0.237. The smallest absolute Gasteiger partial charge is 0.260 e. The molecule has 0 saturated heterocycles. The summed E-state index contributed by atoms with van der Waals surface area (Å²) >= 11 is 1.61. The summed E-state index contributed by atoms with van der Waals surface area (Å²) in [4.78, 5) is 27.6. The first kappa shape index (κ1) is 19.6. The Morgan fingerprint density at radius 2 is 1.75 bits per heavy atom. The number of nitrogens with one attached hydrogen (secondary N) is 1. The molecule has 0 aliphatic carbocycles. The number of hydrogen-bond acceptors (Lipinski definition) is 4. The van der Waals surface area contributed by atoms with E-state index >= 15 is 0 Å². The molecule has 0 bridgehead atoms. The van der Waals surface area contributed by atoms with E-state index in [0.29, 0.717) is 24.4 Å². The molecule has 1 N–H and O–H groups in total. The van der Waals surface area contributed by atoms with Crippen LogP contribution in [0.25, 0.3) is 0 Å². The lowest BCUT2D eigenvalue weighted by atomic mass is 10.1. The molecule has 0 unspecified atom stereocenters. The number of para-hydroxylation sites is 1. The molecular weight excluding hydrogens is 372 g/mol. The first-order chi connectivity index (χ1) is 13.6. The van der Waals surface area contributed by atoms with Gasteiger partial charge in [0, 0.05) is 18.5 Å². The van der Waals surface area contributed by atoms with E-state index < -0.39 is 0 Å². The Kier molecular flexibility index (Phi) is 6.81. The van der Waals surface area contributed by atoms with Gasteiger partial charge in [-0.05, 0) is 29.1 Å². The van der Waals surface area contributed by atoms with Gasteiger partial charge in [0.1, 0.15) is 5.75 Å². The van der Waals surface area contributed by atoms with Crippen molar-refractivity contribution >= 4 is 23.2 Å². The largest absolute Gasteiger partial charge is 0.483 e. The van der Waals surface area contributed by atoms with Gasteiger partial charge in [0.25, 0.3) is 11.8 Å². The number of thiophene rings is 1. The van der Waals surface area contributed by atoms with Crippen molar-refractivity contribution in [2.45, 2.75) is 13.1 Å². The number of ether oxygens (including phenoxy) is 1. The third-order valence-electron chi connectivity index (χ3n) is 4.18. The van der Waals surface area contributed by atoms with Crippen molar-refractivity contribution in [3.8, 4) is 5.75 Å². The first-order valence-corrected chi connectivity index (χ1v) is 9.82. The Balaban J connectivity index is 1.57. The summed E-state index contributed by atoms with van der Waals surface area (Å²) in [5.74, 6) is 0.0117. The maximum Gasteiger partial charge on any atom is 0.260 e. The van der Waals surface area contributed by atoms with Crippen LogP contribution in [0.1, 0.15) is 20.8 Å². The quantitative estimate of drug-likeness (QED) is 0.634. The van der Waals surface area contributed by atoms with Crippen LogP contribution in [0.2, 0.25) is 0 Å². The molecule has 0 radical (unpaired) electrons. The average molecular weight is 394 g/mol. The second-order valence-corrected chi connectivity index (χ2v) is 7.31. The number of benzene rings is 2. The SMILES string of the molecule is CN(Cc1cccs1)C(=O)COc1ccccc1C(=O)NCc1ccccc1. The molecule has 0 spiro atoms. The fourth-order valence-electron chi connectivity index (χ4n) is 2.63. The van der Waals surface area contributed by atoms with Gasteiger partial charge in [-0.2, -0.15) is 0 Å². The van der Waals surface area contributed by atoms with Crippen LogP contribution in [0.5, 0.6) is 5.75 Å². The molecule has 0 aliphatic heterocycles. The molecule has 5 nitrogen and oxygen atoms in total. The monoisotopic (exact) mass is 394 g/mol. The summed E-state index contributed by atoms with van der Waals surface area (Å²) < 4.78 is 5.66. The third kappa shape index (κ3) is 5.44. The van der Waals surface area contributed by atoms with Crippen molar-refractivity contribution in [1.82, 2.24) is 10.2 Å². The van der Waals surface area contributed by atoms with E-state index in [2.05, 4.69) is 5.32 Å². The number of amides is 2. The standard InChI is InChI=1S/C22H22N2O3S/c1-24(15-18-10-7-13-28-18)21(25)16-27-20-12-6-5-11-19(20)22(26)23-14-17-8-3-2-4-9-17/h2-13H,14-16H2,1H3,(H,23,26). The second-order valence-electron chi connectivity index (χ2n) is 6.28. The highest BCUT2D eigenvalue weighted by Crippen LogP contribution is 2.18. The number of carbonyl (C=O) groups excluding carboxylic acids is 2. The number of nitrogens with zero attached hydrogens (tertiary/aromatic N) is 1. The van der Waals surface area contributed by atoms with E-state index in [9.17, 15) is 9.59 Å². The fourth-order valence-corrected chi connectivity index (χ4v) is 3.38. The van der Waals surface area contributed by atoms with Crippen LogP contribution in [-0.2, 0) is 17.9 Å². The number of hydrogen-bond donors (Lipinski definition) is 1. The third-order valence-corrected chi connectivity index (χ3v) is 5.04. The highest BCUT2D eigenvalue weighted by molar-refractivity contribution is 7.09. The molecule has 0 atom stereocenters. The van der Waals surface area contributed by atoms with E-state index in [-0.39, 0.29) is 18.4 Å².